The SMILES string of the molecule is CN(CCNc1ccc(C(F)(F)F)cn1)CCS(C)(=O)=O. The molecule has 0 fully saturated rings. The second kappa shape index (κ2) is 7.08. The summed E-state index contributed by atoms with van der Waals surface area (Å²) in [5, 5.41) is 2.88. The number of hydrogen-bond acceptors (Lipinski definition) is 5. The van der Waals surface area contributed by atoms with Crippen molar-refractivity contribution in [3.05, 3.63) is 23.9 Å². The van der Waals surface area contributed by atoms with Gasteiger partial charge >= 0.3 is 6.18 Å². The maximum Gasteiger partial charge on any atom is 0.417 e. The molecule has 1 aromatic rings. The highest BCUT2D eigenvalue weighted by molar-refractivity contribution is 7.90. The largest absolute Gasteiger partial charge is 0.417 e. The molecule has 5 nitrogen and oxygen atoms in total. The molecule has 9 heteroatoms. The van der Waals surface area contributed by atoms with Crippen LogP contribution in [-0.2, 0) is 16.0 Å². The molecule has 0 unspecified atom stereocenters. The standard InChI is InChI=1S/C12H18F3N3O2S/c1-18(7-8-21(2,19)20)6-5-16-11-4-3-10(9-17-11)12(13,14)15/h3-4,9H,5-8H2,1-2H3,(H,16,17). The molecule has 0 amide bonds. The summed E-state index contributed by atoms with van der Waals surface area (Å²) in [6, 6.07) is 2.22. The second-order valence-corrected chi connectivity index (χ2v) is 7.05. The van der Waals surface area contributed by atoms with Gasteiger partial charge in [-0.1, -0.05) is 0 Å². The van der Waals surface area contributed by atoms with E-state index in [4.69, 9.17) is 0 Å². The van der Waals surface area contributed by atoms with Crippen molar-refractivity contribution >= 4 is 15.7 Å². The van der Waals surface area contributed by atoms with Crippen molar-refractivity contribution in [3.8, 4) is 0 Å². The van der Waals surface area contributed by atoms with Crippen LogP contribution in [0.5, 0.6) is 0 Å². The Kier molecular flexibility index (Phi) is 5.97. The third-order valence-electron chi connectivity index (χ3n) is 2.73. The zero-order valence-electron chi connectivity index (χ0n) is 11.8. The minimum Gasteiger partial charge on any atom is -0.369 e. The van der Waals surface area contributed by atoms with E-state index in [1.54, 1.807) is 7.05 Å². The number of alkyl halides is 3. The molecule has 0 radical (unpaired) electrons. The summed E-state index contributed by atoms with van der Waals surface area (Å²) in [6.45, 7) is 1.41. The molecule has 0 aliphatic heterocycles. The van der Waals surface area contributed by atoms with Crippen LogP contribution in [0.3, 0.4) is 0 Å². The smallest absolute Gasteiger partial charge is 0.369 e. The first-order valence-corrected chi connectivity index (χ1v) is 8.27. The molecule has 1 N–H and O–H groups in total. The average molecular weight is 325 g/mol. The van der Waals surface area contributed by atoms with Crippen molar-refractivity contribution < 1.29 is 21.6 Å². The van der Waals surface area contributed by atoms with Crippen LogP contribution in [-0.4, -0.2) is 57.0 Å². The molecule has 1 rings (SSSR count). The lowest BCUT2D eigenvalue weighted by Gasteiger charge is -2.16. The molecule has 21 heavy (non-hydrogen) atoms. The Morgan fingerprint density at radius 3 is 2.43 bits per heavy atom. The number of pyridine rings is 1. The van der Waals surface area contributed by atoms with Crippen molar-refractivity contribution in [3.63, 3.8) is 0 Å². The van der Waals surface area contributed by atoms with Gasteiger partial charge in [0, 0.05) is 32.1 Å². The van der Waals surface area contributed by atoms with Crippen molar-refractivity contribution in [1.82, 2.24) is 9.88 Å². The van der Waals surface area contributed by atoms with E-state index in [-0.39, 0.29) is 5.75 Å². The van der Waals surface area contributed by atoms with Crippen LogP contribution in [0.15, 0.2) is 18.3 Å². The molecular formula is C12H18F3N3O2S. The summed E-state index contributed by atoms with van der Waals surface area (Å²) in [7, 11) is -1.23. The van der Waals surface area contributed by atoms with Gasteiger partial charge in [-0.05, 0) is 19.2 Å². The maximum absolute atomic E-state index is 12.3. The summed E-state index contributed by atoms with van der Waals surface area (Å²) >= 11 is 0. The highest BCUT2D eigenvalue weighted by Crippen LogP contribution is 2.28. The number of nitrogens with zero attached hydrogens (tertiary/aromatic N) is 2. The van der Waals surface area contributed by atoms with E-state index in [1.165, 1.54) is 12.3 Å². The predicted octanol–water partition coefficient (Wildman–Crippen LogP) is 1.49. The number of likely N-dealkylation sites (N-methyl/N-ethyl adjacent to an activating group) is 1. The van der Waals surface area contributed by atoms with Gasteiger partial charge < -0.3 is 10.2 Å². The van der Waals surface area contributed by atoms with Gasteiger partial charge in [0.2, 0.25) is 0 Å². The molecular weight excluding hydrogens is 307 g/mol. The molecule has 0 spiro atoms. The molecule has 0 saturated heterocycles. The summed E-state index contributed by atoms with van der Waals surface area (Å²) in [4.78, 5) is 5.50. The topological polar surface area (TPSA) is 62.3 Å². The highest BCUT2D eigenvalue weighted by atomic mass is 32.2. The van der Waals surface area contributed by atoms with Crippen LogP contribution in [0.2, 0.25) is 0 Å². The molecule has 0 aliphatic carbocycles. The minimum atomic E-state index is -4.39. The van der Waals surface area contributed by atoms with Crippen molar-refractivity contribution in [1.29, 1.82) is 0 Å². The molecule has 0 aliphatic rings. The lowest BCUT2D eigenvalue weighted by atomic mass is 10.3. The summed E-state index contributed by atoms with van der Waals surface area (Å²) in [6.07, 6.45) is -2.45. The Morgan fingerprint density at radius 2 is 1.95 bits per heavy atom. The summed E-state index contributed by atoms with van der Waals surface area (Å²) < 4.78 is 59.0. The van der Waals surface area contributed by atoms with E-state index >= 15 is 0 Å². The third-order valence-corrected chi connectivity index (χ3v) is 3.66. The Hall–Kier alpha value is -1.35. The van der Waals surface area contributed by atoms with Gasteiger partial charge in [-0.3, -0.25) is 0 Å². The van der Waals surface area contributed by atoms with Gasteiger partial charge in [0.15, 0.2) is 0 Å². The van der Waals surface area contributed by atoms with Crippen molar-refractivity contribution in [2.75, 3.05) is 44.0 Å². The molecule has 1 heterocycles. The molecule has 0 atom stereocenters. The maximum atomic E-state index is 12.3. The van der Waals surface area contributed by atoms with E-state index < -0.39 is 21.6 Å². The number of sulfone groups is 1. The lowest BCUT2D eigenvalue weighted by molar-refractivity contribution is -0.137. The Morgan fingerprint density at radius 1 is 1.29 bits per heavy atom. The van der Waals surface area contributed by atoms with Gasteiger partial charge in [-0.2, -0.15) is 13.2 Å². The van der Waals surface area contributed by atoms with Crippen LogP contribution in [0.1, 0.15) is 5.56 Å². The average Bonchev–Trinajstić information content (AvgIpc) is 2.35. The number of nitrogens with one attached hydrogen (secondary N) is 1. The lowest BCUT2D eigenvalue weighted by Crippen LogP contribution is -2.29. The van der Waals surface area contributed by atoms with Crippen molar-refractivity contribution in [2.45, 2.75) is 6.18 Å². The third kappa shape index (κ3) is 7.28. The van der Waals surface area contributed by atoms with Crippen LogP contribution < -0.4 is 5.32 Å². The first-order chi connectivity index (χ1) is 9.58. The number of halogens is 3. The zero-order valence-corrected chi connectivity index (χ0v) is 12.6. The number of aromatic nitrogens is 1. The van der Waals surface area contributed by atoms with Gasteiger partial charge in [-0.25, -0.2) is 13.4 Å². The zero-order chi connectivity index (χ0) is 16.1. The van der Waals surface area contributed by atoms with Gasteiger partial charge in [0.1, 0.15) is 15.7 Å². The fraction of sp³-hybridized carbons (Fsp3) is 0.583. The predicted molar refractivity (Wildman–Crippen MR) is 74.9 cm³/mol. The van der Waals surface area contributed by atoms with Crippen LogP contribution >= 0.6 is 0 Å². The van der Waals surface area contributed by atoms with Crippen LogP contribution in [0.4, 0.5) is 19.0 Å². The second-order valence-electron chi connectivity index (χ2n) is 4.79. The van der Waals surface area contributed by atoms with Crippen LogP contribution in [0.25, 0.3) is 0 Å². The normalized spacial score (nSPS) is 12.7. The quantitative estimate of drug-likeness (QED) is 0.823. The number of hydrogen-bond donors (Lipinski definition) is 1. The fourth-order valence-corrected chi connectivity index (χ4v) is 2.12. The first-order valence-electron chi connectivity index (χ1n) is 6.21. The highest BCUT2D eigenvalue weighted by Gasteiger charge is 2.30. The molecule has 1 aromatic heterocycles. The fourth-order valence-electron chi connectivity index (χ4n) is 1.47. The van der Waals surface area contributed by atoms with E-state index in [0.29, 0.717) is 25.5 Å². The first kappa shape index (κ1) is 17.7. The van der Waals surface area contributed by atoms with Gasteiger partial charge in [0.05, 0.1) is 11.3 Å². The summed E-state index contributed by atoms with van der Waals surface area (Å²) in [5.41, 5.74) is -0.793. The van der Waals surface area contributed by atoms with Crippen molar-refractivity contribution in [2.24, 2.45) is 0 Å². The monoisotopic (exact) mass is 325 g/mol. The van der Waals surface area contributed by atoms with E-state index in [1.807, 2.05) is 4.90 Å². The van der Waals surface area contributed by atoms with E-state index in [0.717, 1.165) is 12.3 Å². The van der Waals surface area contributed by atoms with Gasteiger partial charge in [-0.15, -0.1) is 0 Å². The number of rotatable bonds is 7. The summed E-state index contributed by atoms with van der Waals surface area (Å²) in [5.74, 6) is 0.418. The Labute approximate surface area is 122 Å². The molecule has 0 aromatic carbocycles. The van der Waals surface area contributed by atoms with Crippen LogP contribution in [0, 0.1) is 0 Å². The molecule has 0 saturated carbocycles. The Bertz CT molecular complexity index is 544. The number of anilines is 1. The molecule has 120 valence electrons. The Balaban J connectivity index is 2.36. The van der Waals surface area contributed by atoms with E-state index in [9.17, 15) is 21.6 Å². The van der Waals surface area contributed by atoms with Gasteiger partial charge in [0.25, 0.3) is 0 Å². The minimum absolute atomic E-state index is 0.0715. The molecule has 0 bridgehead atoms. The van der Waals surface area contributed by atoms with E-state index in [2.05, 4.69) is 10.3 Å².